The molecule has 0 spiro atoms. The number of piperidine rings is 1. The van der Waals surface area contributed by atoms with E-state index in [1.807, 2.05) is 0 Å². The van der Waals surface area contributed by atoms with Gasteiger partial charge in [-0.25, -0.2) is 4.98 Å². The number of nitrogens with zero attached hydrogens (tertiary/aromatic N) is 2. The van der Waals surface area contributed by atoms with Crippen LogP contribution in [0.1, 0.15) is 19.3 Å². The van der Waals surface area contributed by atoms with E-state index in [0.717, 1.165) is 32.4 Å². The van der Waals surface area contributed by atoms with Gasteiger partial charge in [-0.2, -0.15) is 4.98 Å². The van der Waals surface area contributed by atoms with Gasteiger partial charge in [0.2, 0.25) is 5.95 Å². The molecule has 2 heterocycles. The van der Waals surface area contributed by atoms with Crippen LogP contribution in [-0.2, 0) is 4.79 Å². The molecule has 1 aliphatic heterocycles. The minimum Gasteiger partial charge on any atom is -0.480 e. The van der Waals surface area contributed by atoms with Gasteiger partial charge in [0.15, 0.2) is 0 Å². The summed E-state index contributed by atoms with van der Waals surface area (Å²) in [6.45, 7) is 2.27. The molecule has 1 aromatic heterocycles. The molecule has 4 N–H and O–H groups in total. The number of carbonyl (C=O) groups is 1. The number of benzene rings is 1. The number of hydrogen-bond acceptors (Lipinski definition) is 7. The van der Waals surface area contributed by atoms with E-state index in [-0.39, 0.29) is 11.7 Å². The van der Waals surface area contributed by atoms with Crippen molar-refractivity contribution < 1.29 is 27.8 Å². The summed E-state index contributed by atoms with van der Waals surface area (Å²) >= 11 is 0. The predicted molar refractivity (Wildman–Crippen MR) is 109 cm³/mol. The van der Waals surface area contributed by atoms with Crippen molar-refractivity contribution in [2.75, 3.05) is 36.8 Å². The van der Waals surface area contributed by atoms with E-state index in [1.165, 1.54) is 18.2 Å². The molecule has 31 heavy (non-hydrogen) atoms. The molecule has 0 aliphatic carbocycles. The fourth-order valence-corrected chi connectivity index (χ4v) is 3.35. The zero-order valence-electron chi connectivity index (χ0n) is 16.7. The van der Waals surface area contributed by atoms with Crippen LogP contribution in [0.2, 0.25) is 0 Å². The third-order valence-corrected chi connectivity index (χ3v) is 4.80. The van der Waals surface area contributed by atoms with Crippen LogP contribution >= 0.6 is 0 Å². The molecule has 0 saturated carbocycles. The summed E-state index contributed by atoms with van der Waals surface area (Å²) in [4.78, 5) is 19.4. The van der Waals surface area contributed by atoms with Gasteiger partial charge >= 0.3 is 12.3 Å². The van der Waals surface area contributed by atoms with Crippen molar-refractivity contribution in [2.24, 2.45) is 5.92 Å². The molecular weight excluding hydrogens is 415 g/mol. The zero-order chi connectivity index (χ0) is 22.3. The lowest BCUT2D eigenvalue weighted by molar-refractivity contribution is -0.274. The van der Waals surface area contributed by atoms with Crippen molar-refractivity contribution in [3.05, 3.63) is 30.3 Å². The number of hydrogen-bond donors (Lipinski definition) is 4. The third-order valence-electron chi connectivity index (χ3n) is 4.80. The number of alkyl halides is 3. The Kier molecular flexibility index (Phi) is 7.50. The number of aromatic nitrogens is 2. The van der Waals surface area contributed by atoms with Crippen LogP contribution in [0.3, 0.4) is 0 Å². The van der Waals surface area contributed by atoms with E-state index >= 15 is 0 Å². The smallest absolute Gasteiger partial charge is 0.480 e. The second kappa shape index (κ2) is 10.3. The highest BCUT2D eigenvalue weighted by Crippen LogP contribution is 2.28. The maximum Gasteiger partial charge on any atom is 0.573 e. The molecule has 1 saturated heterocycles. The van der Waals surface area contributed by atoms with Gasteiger partial charge in [0, 0.05) is 18.2 Å². The summed E-state index contributed by atoms with van der Waals surface area (Å²) in [7, 11) is 0. The van der Waals surface area contributed by atoms with Crippen LogP contribution in [-0.4, -0.2) is 53.6 Å². The van der Waals surface area contributed by atoms with Gasteiger partial charge < -0.3 is 25.8 Å². The van der Waals surface area contributed by atoms with Crippen LogP contribution in [0.15, 0.2) is 30.3 Å². The lowest BCUT2D eigenvalue weighted by Gasteiger charge is -2.22. The first-order chi connectivity index (χ1) is 14.8. The first-order valence-electron chi connectivity index (χ1n) is 9.94. The number of halogens is 3. The lowest BCUT2D eigenvalue weighted by atomic mass is 9.95. The number of nitrogens with one attached hydrogen (secondary N) is 3. The van der Waals surface area contributed by atoms with Gasteiger partial charge in [-0.05, 0) is 50.4 Å². The van der Waals surface area contributed by atoms with Crippen LogP contribution in [0, 0.1) is 5.92 Å². The van der Waals surface area contributed by atoms with Gasteiger partial charge in [0.25, 0.3) is 0 Å². The van der Waals surface area contributed by atoms with Crippen LogP contribution in [0.4, 0.5) is 24.9 Å². The molecule has 1 aliphatic rings. The van der Waals surface area contributed by atoms with Crippen molar-refractivity contribution in [3.8, 4) is 17.0 Å². The molecule has 0 radical (unpaired) electrons. The quantitative estimate of drug-likeness (QED) is 0.471. The third kappa shape index (κ3) is 7.59. The minimum atomic E-state index is -4.81. The van der Waals surface area contributed by atoms with E-state index in [2.05, 4.69) is 30.7 Å². The number of anilines is 2. The first kappa shape index (κ1) is 22.6. The lowest BCUT2D eigenvalue weighted by Crippen LogP contribution is -2.28. The average Bonchev–Trinajstić information content (AvgIpc) is 2.72. The van der Waals surface area contributed by atoms with Gasteiger partial charge in [0.05, 0.1) is 5.69 Å². The Labute approximate surface area is 177 Å². The van der Waals surface area contributed by atoms with Crippen molar-refractivity contribution in [1.29, 1.82) is 0 Å². The Hall–Kier alpha value is -3.08. The van der Waals surface area contributed by atoms with Gasteiger partial charge in [0.1, 0.15) is 18.1 Å². The summed E-state index contributed by atoms with van der Waals surface area (Å²) in [5.74, 6) is -0.338. The van der Waals surface area contributed by atoms with E-state index in [1.54, 1.807) is 12.1 Å². The van der Waals surface area contributed by atoms with E-state index in [9.17, 15) is 18.0 Å². The highest BCUT2D eigenvalue weighted by Gasteiger charge is 2.31. The van der Waals surface area contributed by atoms with Gasteiger partial charge in [-0.1, -0.05) is 12.1 Å². The second-order valence-electron chi connectivity index (χ2n) is 7.19. The van der Waals surface area contributed by atoms with Crippen molar-refractivity contribution >= 4 is 17.7 Å². The summed E-state index contributed by atoms with van der Waals surface area (Å²) in [6.07, 6.45) is -1.64. The fourth-order valence-electron chi connectivity index (χ4n) is 3.35. The van der Waals surface area contributed by atoms with Crippen LogP contribution in [0.25, 0.3) is 11.3 Å². The number of carboxylic acids is 1. The highest BCUT2D eigenvalue weighted by atomic mass is 19.4. The molecule has 11 heteroatoms. The molecule has 0 bridgehead atoms. The SMILES string of the molecule is O=C(O)CNc1nc(NCCC2CCNCC2)cc(-c2cccc(OC(F)(F)F)c2)n1. The normalized spacial score (nSPS) is 14.8. The van der Waals surface area contributed by atoms with E-state index in [0.29, 0.717) is 29.5 Å². The standard InChI is InChI=1S/C20H24F3N5O3/c21-20(22,23)31-15-3-1-2-14(10-15)16-11-17(28-19(27-16)26-12-18(29)30)25-9-6-13-4-7-24-8-5-13/h1-3,10-11,13,24H,4-9,12H2,(H,29,30)(H2,25,26,27,28). The largest absolute Gasteiger partial charge is 0.573 e. The molecule has 3 rings (SSSR count). The highest BCUT2D eigenvalue weighted by molar-refractivity contribution is 5.72. The summed E-state index contributed by atoms with van der Waals surface area (Å²) in [5.41, 5.74) is 0.712. The molecule has 0 amide bonds. The Bertz CT molecular complexity index is 889. The van der Waals surface area contributed by atoms with Crippen LogP contribution in [0.5, 0.6) is 5.75 Å². The zero-order valence-corrected chi connectivity index (χ0v) is 16.7. The fraction of sp³-hybridized carbons (Fsp3) is 0.450. The number of carboxylic acid groups (broad SMARTS) is 1. The van der Waals surface area contributed by atoms with Crippen LogP contribution < -0.4 is 20.7 Å². The van der Waals surface area contributed by atoms with Gasteiger partial charge in [-0.3, -0.25) is 4.79 Å². The molecule has 168 valence electrons. The maximum absolute atomic E-state index is 12.5. The molecular formula is C20H24F3N5O3. The molecule has 1 fully saturated rings. The Morgan fingerprint density at radius 1 is 1.19 bits per heavy atom. The minimum absolute atomic E-state index is 0.0615. The Morgan fingerprint density at radius 2 is 1.97 bits per heavy atom. The maximum atomic E-state index is 12.5. The van der Waals surface area contributed by atoms with E-state index < -0.39 is 18.9 Å². The van der Waals surface area contributed by atoms with Crippen molar-refractivity contribution in [3.63, 3.8) is 0 Å². The van der Waals surface area contributed by atoms with E-state index in [4.69, 9.17) is 5.11 Å². The molecule has 1 aromatic carbocycles. The van der Waals surface area contributed by atoms with Gasteiger partial charge in [-0.15, -0.1) is 13.2 Å². The molecule has 0 atom stereocenters. The Balaban J connectivity index is 1.77. The molecule has 8 nitrogen and oxygen atoms in total. The summed E-state index contributed by atoms with van der Waals surface area (Å²) < 4.78 is 41.6. The summed E-state index contributed by atoms with van der Waals surface area (Å²) in [5, 5.41) is 18.0. The first-order valence-corrected chi connectivity index (χ1v) is 9.94. The number of ether oxygens (including phenoxy) is 1. The number of rotatable bonds is 9. The number of aliphatic carboxylic acids is 1. The van der Waals surface area contributed by atoms with Crippen molar-refractivity contribution in [1.82, 2.24) is 15.3 Å². The monoisotopic (exact) mass is 439 g/mol. The Morgan fingerprint density at radius 3 is 2.68 bits per heavy atom. The average molecular weight is 439 g/mol. The molecule has 0 unspecified atom stereocenters. The predicted octanol–water partition coefficient (Wildman–Crippen LogP) is 3.34. The topological polar surface area (TPSA) is 108 Å². The molecule has 2 aromatic rings. The summed E-state index contributed by atoms with van der Waals surface area (Å²) in [6, 6.07) is 7.04. The van der Waals surface area contributed by atoms with Crippen molar-refractivity contribution in [2.45, 2.75) is 25.6 Å². The second-order valence-corrected chi connectivity index (χ2v) is 7.19.